The minimum Gasteiger partial charge on any atom is -0.392 e. The highest BCUT2D eigenvalue weighted by Crippen LogP contribution is 2.32. The van der Waals surface area contributed by atoms with Gasteiger partial charge in [0.2, 0.25) is 0 Å². The van der Waals surface area contributed by atoms with Crippen LogP contribution < -0.4 is 15.8 Å². The lowest BCUT2D eigenvalue weighted by atomic mass is 10.1. The number of anilines is 2. The Morgan fingerprint density at radius 2 is 1.86 bits per heavy atom. The summed E-state index contributed by atoms with van der Waals surface area (Å²) in [5.41, 5.74) is 2.23. The average Bonchev–Trinajstić information content (AvgIpc) is 3.60. The lowest BCUT2D eigenvalue weighted by Gasteiger charge is -2.33. The molecule has 1 aliphatic rings. The second-order valence-electron chi connectivity index (χ2n) is 10.6. The van der Waals surface area contributed by atoms with E-state index in [2.05, 4.69) is 28.2 Å². The highest BCUT2D eigenvalue weighted by molar-refractivity contribution is 7.16. The van der Waals surface area contributed by atoms with Gasteiger partial charge in [0.05, 0.1) is 29.9 Å². The Labute approximate surface area is 258 Å². The number of thiophene rings is 1. The Kier molecular flexibility index (Phi) is 9.29. The summed E-state index contributed by atoms with van der Waals surface area (Å²) in [6, 6.07) is 15.9. The molecule has 4 aromatic rings. The van der Waals surface area contributed by atoms with Gasteiger partial charge in [-0.15, -0.1) is 11.3 Å². The molecule has 1 aliphatic heterocycles. The molecule has 0 bridgehead atoms. The van der Waals surface area contributed by atoms with E-state index in [0.29, 0.717) is 40.1 Å². The molecule has 0 saturated carbocycles. The molecule has 1 fully saturated rings. The number of hydrogen-bond acceptors (Lipinski definition) is 10. The van der Waals surface area contributed by atoms with Crippen LogP contribution in [0.15, 0.2) is 53.3 Å². The normalized spacial score (nSPS) is 14.0. The van der Waals surface area contributed by atoms with Gasteiger partial charge in [-0.25, -0.2) is 0 Å². The van der Waals surface area contributed by atoms with Crippen LogP contribution in [0, 0.1) is 11.3 Å². The van der Waals surface area contributed by atoms with Gasteiger partial charge >= 0.3 is 0 Å². The summed E-state index contributed by atoms with van der Waals surface area (Å²) >= 11 is 7.53. The third-order valence-corrected chi connectivity index (χ3v) is 8.67. The molecule has 2 N–H and O–H groups in total. The van der Waals surface area contributed by atoms with Gasteiger partial charge in [-0.1, -0.05) is 23.7 Å². The summed E-state index contributed by atoms with van der Waals surface area (Å²) in [6.07, 6.45) is 0. The maximum atomic E-state index is 13.9. The van der Waals surface area contributed by atoms with Gasteiger partial charge < -0.3 is 20.2 Å². The zero-order valence-corrected chi connectivity index (χ0v) is 25.8. The predicted octanol–water partition coefficient (Wildman–Crippen LogP) is 3.36. The van der Waals surface area contributed by atoms with Crippen LogP contribution in [0.4, 0.5) is 11.5 Å². The van der Waals surface area contributed by atoms with E-state index in [9.17, 15) is 20.0 Å². The fraction of sp³-hybridized carbons (Fsp3) is 0.333. The molecule has 224 valence electrons. The van der Waals surface area contributed by atoms with Gasteiger partial charge in [0.1, 0.15) is 17.3 Å². The zero-order valence-electron chi connectivity index (χ0n) is 24.2. The second-order valence-corrected chi connectivity index (χ2v) is 12.4. The molecular formula is C30H33ClN8O3S. The van der Waals surface area contributed by atoms with E-state index in [-0.39, 0.29) is 29.2 Å². The van der Waals surface area contributed by atoms with Gasteiger partial charge in [-0.3, -0.25) is 19.1 Å². The summed E-state index contributed by atoms with van der Waals surface area (Å²) in [5, 5.41) is 27.9. The summed E-state index contributed by atoms with van der Waals surface area (Å²) < 4.78 is 3.43. The number of nitriles is 1. The van der Waals surface area contributed by atoms with Crippen LogP contribution in [-0.2, 0) is 19.8 Å². The number of likely N-dealkylation sites (N-methyl/N-ethyl adjacent to an activating group) is 1. The van der Waals surface area contributed by atoms with Crippen molar-refractivity contribution in [3.05, 3.63) is 84.8 Å². The fourth-order valence-electron chi connectivity index (χ4n) is 4.88. The quantitative estimate of drug-likeness (QED) is 0.290. The number of carbonyl (C=O) groups excluding carboxylic acids is 1. The minimum atomic E-state index is -0.462. The first-order valence-electron chi connectivity index (χ1n) is 13.8. The number of nitrogens with one attached hydrogen (secondary N) is 1. The first kappa shape index (κ1) is 30.5. The zero-order chi connectivity index (χ0) is 30.7. The maximum absolute atomic E-state index is 13.9. The molecule has 0 unspecified atom stereocenters. The van der Waals surface area contributed by atoms with Crippen LogP contribution >= 0.6 is 22.9 Å². The molecule has 1 saturated heterocycles. The highest BCUT2D eigenvalue weighted by Gasteiger charge is 2.27. The number of pyridine rings is 1. The van der Waals surface area contributed by atoms with E-state index in [1.54, 1.807) is 41.0 Å². The van der Waals surface area contributed by atoms with E-state index in [1.807, 2.05) is 31.1 Å². The van der Waals surface area contributed by atoms with Crippen molar-refractivity contribution >= 4 is 40.4 Å². The molecule has 0 aliphatic carbocycles. The smallest absolute Gasteiger partial charge is 0.280 e. The van der Waals surface area contributed by atoms with E-state index in [0.717, 1.165) is 31.1 Å². The number of benzene rings is 1. The van der Waals surface area contributed by atoms with Crippen LogP contribution in [-0.4, -0.2) is 82.5 Å². The first-order chi connectivity index (χ1) is 20.7. The largest absolute Gasteiger partial charge is 0.392 e. The van der Waals surface area contributed by atoms with Crippen LogP contribution in [0.3, 0.4) is 0 Å². The molecule has 4 heterocycles. The number of hydrogen-bond donors (Lipinski definition) is 2. The molecular weight excluding hydrogens is 588 g/mol. The van der Waals surface area contributed by atoms with Gasteiger partial charge in [-0.05, 0) is 42.9 Å². The van der Waals surface area contributed by atoms with Gasteiger partial charge in [0, 0.05) is 62.5 Å². The highest BCUT2D eigenvalue weighted by atomic mass is 35.5. The number of piperazine rings is 1. The predicted molar refractivity (Wildman–Crippen MR) is 169 cm³/mol. The van der Waals surface area contributed by atoms with Crippen LogP contribution in [0.1, 0.15) is 26.4 Å². The molecule has 11 nitrogen and oxygen atoms in total. The minimum absolute atomic E-state index is 0.144. The topological polar surface area (TPSA) is 123 Å². The van der Waals surface area contributed by atoms with Crippen molar-refractivity contribution in [3.8, 4) is 17.5 Å². The van der Waals surface area contributed by atoms with Crippen molar-refractivity contribution in [1.82, 2.24) is 24.1 Å². The number of rotatable bonds is 9. The van der Waals surface area contributed by atoms with Crippen molar-refractivity contribution in [2.75, 3.05) is 57.5 Å². The van der Waals surface area contributed by atoms with E-state index >= 15 is 0 Å². The Hall–Kier alpha value is -3.99. The Balaban J connectivity index is 1.65. The van der Waals surface area contributed by atoms with Crippen molar-refractivity contribution in [3.63, 3.8) is 0 Å². The van der Waals surface area contributed by atoms with Gasteiger partial charge in [-0.2, -0.15) is 15.0 Å². The molecule has 43 heavy (non-hydrogen) atoms. The number of nitrogens with zero attached hydrogens (tertiary/aromatic N) is 7. The number of aliphatic hydroxyl groups excluding tert-OH is 1. The number of halogens is 1. The standard InChI is InChI=1S/C30H33ClN8O3S/c1-35(2)22-14-25(38(27(41)15-22)19-37-12-10-36(3)11-13-37)28-24(16-32)29(33-17-23-8-9-26(31)43-23)39(34-28)30(42)21-6-4-20(18-40)5-7-21/h4-9,14-15,33,40H,10-13,17-19H2,1-3H3. The van der Waals surface area contributed by atoms with E-state index in [1.165, 1.54) is 16.0 Å². The maximum Gasteiger partial charge on any atom is 0.280 e. The molecule has 5 rings (SSSR count). The lowest BCUT2D eigenvalue weighted by Crippen LogP contribution is -2.46. The average molecular weight is 621 g/mol. The first-order valence-corrected chi connectivity index (χ1v) is 15.0. The summed E-state index contributed by atoms with van der Waals surface area (Å²) in [7, 11) is 5.75. The molecule has 0 atom stereocenters. The Morgan fingerprint density at radius 1 is 1.14 bits per heavy atom. The third kappa shape index (κ3) is 6.66. The SMILES string of the molecule is CN1CCN(Cn2c(-c3nn(C(=O)c4ccc(CO)cc4)c(NCc4ccc(Cl)s4)c3C#N)cc(N(C)C)cc2=O)CC1. The lowest BCUT2D eigenvalue weighted by molar-refractivity contribution is 0.0947. The molecule has 0 amide bonds. The van der Waals surface area contributed by atoms with Crippen molar-refractivity contribution in [2.45, 2.75) is 19.8 Å². The monoisotopic (exact) mass is 620 g/mol. The van der Waals surface area contributed by atoms with Crippen LogP contribution in [0.2, 0.25) is 4.34 Å². The van der Waals surface area contributed by atoms with Gasteiger partial charge in [0.15, 0.2) is 5.82 Å². The van der Waals surface area contributed by atoms with Crippen LogP contribution in [0.5, 0.6) is 0 Å². The number of aliphatic hydroxyl groups is 1. The number of aromatic nitrogens is 3. The molecule has 3 aromatic heterocycles. The molecule has 0 spiro atoms. The summed E-state index contributed by atoms with van der Waals surface area (Å²) in [4.78, 5) is 34.6. The van der Waals surface area contributed by atoms with E-state index < -0.39 is 5.91 Å². The van der Waals surface area contributed by atoms with E-state index in [4.69, 9.17) is 16.7 Å². The molecule has 1 aromatic carbocycles. The molecule has 13 heteroatoms. The van der Waals surface area contributed by atoms with Crippen LogP contribution in [0.25, 0.3) is 11.4 Å². The van der Waals surface area contributed by atoms with Crippen molar-refractivity contribution in [2.24, 2.45) is 0 Å². The third-order valence-electron chi connectivity index (χ3n) is 7.44. The Bertz CT molecular complexity index is 1710. The van der Waals surface area contributed by atoms with Gasteiger partial charge in [0.25, 0.3) is 11.5 Å². The molecule has 0 radical (unpaired) electrons. The van der Waals surface area contributed by atoms with Crippen molar-refractivity contribution in [1.29, 1.82) is 5.26 Å². The summed E-state index contributed by atoms with van der Waals surface area (Å²) in [5.74, 6) is -0.247. The second kappa shape index (κ2) is 13.1. The Morgan fingerprint density at radius 3 is 2.47 bits per heavy atom. The van der Waals surface area contributed by atoms with Crippen molar-refractivity contribution < 1.29 is 9.90 Å². The number of carbonyl (C=O) groups is 1. The summed E-state index contributed by atoms with van der Waals surface area (Å²) in [6.45, 7) is 3.80. The fourth-order valence-corrected chi connectivity index (χ4v) is 5.91.